The maximum absolute atomic E-state index is 10.7. The van der Waals surface area contributed by atoms with Crippen LogP contribution in [0.2, 0.25) is 0 Å². The summed E-state index contributed by atoms with van der Waals surface area (Å²) in [5.74, 6) is -0.319. The van der Waals surface area contributed by atoms with E-state index in [0.29, 0.717) is 0 Å². The smallest absolute Gasteiger partial charge is 0.216 e. The van der Waals surface area contributed by atoms with Gasteiger partial charge in [0.25, 0.3) is 0 Å². The first-order chi connectivity index (χ1) is 4.98. The van der Waals surface area contributed by atoms with Crippen LogP contribution >= 0.6 is 0 Å². The van der Waals surface area contributed by atoms with Gasteiger partial charge in [0.15, 0.2) is 9.84 Å². The molecule has 0 aliphatic carbocycles. The highest BCUT2D eigenvalue weighted by Gasteiger charge is 2.03. The van der Waals surface area contributed by atoms with E-state index in [0.717, 1.165) is 5.41 Å². The fourth-order valence-electron chi connectivity index (χ4n) is 0.453. The van der Waals surface area contributed by atoms with Gasteiger partial charge >= 0.3 is 0 Å². The molecule has 0 aliphatic rings. The second kappa shape index (κ2) is 4.12. The lowest BCUT2D eigenvalue weighted by Gasteiger charge is -1.98. The SMILES string of the molecule is C=CS(=O)(=O)CCNC(C)=O. The molecular weight excluding hydrogens is 166 g/mol. The largest absolute Gasteiger partial charge is 0.355 e. The minimum atomic E-state index is -3.17. The zero-order valence-corrected chi connectivity index (χ0v) is 7.15. The molecule has 0 rings (SSSR count). The maximum Gasteiger partial charge on any atom is 0.216 e. The monoisotopic (exact) mass is 177 g/mol. The summed E-state index contributed by atoms with van der Waals surface area (Å²) >= 11 is 0. The van der Waals surface area contributed by atoms with Crippen LogP contribution in [-0.4, -0.2) is 26.6 Å². The van der Waals surface area contributed by atoms with Crippen molar-refractivity contribution in [3.05, 3.63) is 12.0 Å². The lowest BCUT2D eigenvalue weighted by atomic mass is 10.6. The van der Waals surface area contributed by atoms with Crippen molar-refractivity contribution in [3.63, 3.8) is 0 Å². The van der Waals surface area contributed by atoms with E-state index in [4.69, 9.17) is 0 Å². The number of carbonyl (C=O) groups is 1. The number of amides is 1. The lowest BCUT2D eigenvalue weighted by molar-refractivity contribution is -0.118. The zero-order valence-electron chi connectivity index (χ0n) is 6.33. The van der Waals surface area contributed by atoms with Gasteiger partial charge in [0.05, 0.1) is 5.75 Å². The van der Waals surface area contributed by atoms with Crippen molar-refractivity contribution in [2.45, 2.75) is 6.92 Å². The second-order valence-electron chi connectivity index (χ2n) is 2.02. The van der Waals surface area contributed by atoms with E-state index in [2.05, 4.69) is 11.9 Å². The molecule has 0 atom stereocenters. The van der Waals surface area contributed by atoms with E-state index in [1.54, 1.807) is 0 Å². The van der Waals surface area contributed by atoms with Crippen molar-refractivity contribution >= 4 is 15.7 Å². The molecule has 0 saturated carbocycles. The van der Waals surface area contributed by atoms with Gasteiger partial charge < -0.3 is 5.32 Å². The number of hydrogen-bond donors (Lipinski definition) is 1. The van der Waals surface area contributed by atoms with E-state index < -0.39 is 9.84 Å². The summed E-state index contributed by atoms with van der Waals surface area (Å²) in [4.78, 5) is 10.3. The summed E-state index contributed by atoms with van der Waals surface area (Å²) in [6.45, 7) is 4.61. The molecule has 1 amide bonds. The summed E-state index contributed by atoms with van der Waals surface area (Å²) in [6, 6.07) is 0. The molecule has 64 valence electrons. The van der Waals surface area contributed by atoms with Gasteiger partial charge in [0.2, 0.25) is 5.91 Å². The van der Waals surface area contributed by atoms with E-state index >= 15 is 0 Å². The third kappa shape index (κ3) is 5.60. The van der Waals surface area contributed by atoms with Gasteiger partial charge in [-0.15, -0.1) is 0 Å². The van der Waals surface area contributed by atoms with Gasteiger partial charge in [-0.05, 0) is 0 Å². The van der Waals surface area contributed by atoms with Crippen LogP contribution < -0.4 is 5.32 Å². The number of hydrogen-bond acceptors (Lipinski definition) is 3. The molecule has 11 heavy (non-hydrogen) atoms. The molecule has 0 unspecified atom stereocenters. The Morgan fingerprint density at radius 3 is 2.55 bits per heavy atom. The first kappa shape index (κ1) is 10.2. The fourth-order valence-corrected chi connectivity index (χ4v) is 1.01. The van der Waals surface area contributed by atoms with Crippen LogP contribution in [0.4, 0.5) is 0 Å². The quantitative estimate of drug-likeness (QED) is 0.640. The summed E-state index contributed by atoms with van der Waals surface area (Å²) in [7, 11) is -3.17. The highest BCUT2D eigenvalue weighted by Crippen LogP contribution is 1.87. The third-order valence-corrected chi connectivity index (χ3v) is 2.30. The van der Waals surface area contributed by atoms with Gasteiger partial charge in [0.1, 0.15) is 0 Å². The van der Waals surface area contributed by atoms with Crippen molar-refractivity contribution in [1.29, 1.82) is 0 Å². The first-order valence-electron chi connectivity index (χ1n) is 3.07. The van der Waals surface area contributed by atoms with E-state index in [1.165, 1.54) is 6.92 Å². The topological polar surface area (TPSA) is 63.2 Å². The molecule has 0 spiro atoms. The van der Waals surface area contributed by atoms with Crippen molar-refractivity contribution in [3.8, 4) is 0 Å². The van der Waals surface area contributed by atoms with Crippen LogP contribution in [0.3, 0.4) is 0 Å². The van der Waals surface area contributed by atoms with Crippen molar-refractivity contribution in [2.24, 2.45) is 0 Å². The first-order valence-corrected chi connectivity index (χ1v) is 4.79. The van der Waals surface area contributed by atoms with Gasteiger partial charge in [-0.25, -0.2) is 8.42 Å². The Morgan fingerprint density at radius 2 is 2.18 bits per heavy atom. The maximum atomic E-state index is 10.7. The summed E-state index contributed by atoms with van der Waals surface area (Å²) in [6.07, 6.45) is 0. The number of nitrogens with one attached hydrogen (secondary N) is 1. The molecule has 0 aliphatic heterocycles. The Hall–Kier alpha value is -0.840. The van der Waals surface area contributed by atoms with Crippen LogP contribution in [-0.2, 0) is 14.6 Å². The summed E-state index contributed by atoms with van der Waals surface area (Å²) in [5, 5.41) is 3.25. The van der Waals surface area contributed by atoms with Gasteiger partial charge in [-0.3, -0.25) is 4.79 Å². The van der Waals surface area contributed by atoms with Crippen molar-refractivity contribution in [2.75, 3.05) is 12.3 Å². The molecular formula is C6H11NO3S. The van der Waals surface area contributed by atoms with Gasteiger partial charge in [0, 0.05) is 18.9 Å². The molecule has 0 bridgehead atoms. The predicted molar refractivity (Wildman–Crippen MR) is 42.7 cm³/mol. The molecule has 1 N–H and O–H groups in total. The highest BCUT2D eigenvalue weighted by atomic mass is 32.2. The molecule has 0 fully saturated rings. The molecule has 4 nitrogen and oxygen atoms in total. The number of sulfone groups is 1. The molecule has 0 radical (unpaired) electrons. The van der Waals surface area contributed by atoms with E-state index in [1.807, 2.05) is 0 Å². The number of carbonyl (C=O) groups excluding carboxylic acids is 1. The van der Waals surface area contributed by atoms with Crippen molar-refractivity contribution in [1.82, 2.24) is 5.32 Å². The van der Waals surface area contributed by atoms with Gasteiger partial charge in [-0.1, -0.05) is 6.58 Å². The minimum absolute atomic E-state index is 0.0872. The van der Waals surface area contributed by atoms with Crippen LogP contribution in [0.1, 0.15) is 6.92 Å². The van der Waals surface area contributed by atoms with Crippen molar-refractivity contribution < 1.29 is 13.2 Å². The molecule has 0 aromatic heterocycles. The van der Waals surface area contributed by atoms with Crippen LogP contribution in [0, 0.1) is 0 Å². The molecule has 0 heterocycles. The Balaban J connectivity index is 3.72. The van der Waals surface area contributed by atoms with E-state index in [9.17, 15) is 13.2 Å². The third-order valence-electron chi connectivity index (χ3n) is 1.01. The Bertz CT molecular complexity index is 243. The number of rotatable bonds is 4. The Morgan fingerprint density at radius 1 is 1.64 bits per heavy atom. The van der Waals surface area contributed by atoms with Gasteiger partial charge in [-0.2, -0.15) is 0 Å². The van der Waals surface area contributed by atoms with Crippen LogP contribution in [0.25, 0.3) is 0 Å². The minimum Gasteiger partial charge on any atom is -0.355 e. The molecule has 0 saturated heterocycles. The fraction of sp³-hybridized carbons (Fsp3) is 0.500. The predicted octanol–water partition coefficient (Wildman–Crippen LogP) is -0.319. The molecule has 0 aromatic rings. The Labute approximate surface area is 66.2 Å². The normalized spacial score (nSPS) is 10.6. The molecule has 5 heteroatoms. The van der Waals surface area contributed by atoms with Crippen LogP contribution in [0.15, 0.2) is 12.0 Å². The van der Waals surface area contributed by atoms with E-state index in [-0.39, 0.29) is 18.2 Å². The second-order valence-corrected chi connectivity index (χ2v) is 4.08. The average molecular weight is 177 g/mol. The lowest BCUT2D eigenvalue weighted by Crippen LogP contribution is -2.25. The Kier molecular flexibility index (Phi) is 3.81. The standard InChI is InChI=1S/C6H11NO3S/c1-3-11(9,10)5-4-7-6(2)8/h3H,1,4-5H2,2H3,(H,7,8). The zero-order chi connectivity index (χ0) is 8.91. The van der Waals surface area contributed by atoms with Crippen LogP contribution in [0.5, 0.6) is 0 Å². The summed E-state index contributed by atoms with van der Waals surface area (Å²) < 4.78 is 21.4. The average Bonchev–Trinajstić information content (AvgIpc) is 1.87. The summed E-state index contributed by atoms with van der Waals surface area (Å²) in [5.41, 5.74) is 0. The molecule has 0 aromatic carbocycles. The highest BCUT2D eigenvalue weighted by molar-refractivity contribution is 7.94.